The van der Waals surface area contributed by atoms with Crippen LogP contribution in [0.25, 0.3) is 16.2 Å². The lowest BCUT2D eigenvalue weighted by atomic mass is 9.99. The van der Waals surface area contributed by atoms with E-state index in [2.05, 4.69) is 0 Å². The van der Waals surface area contributed by atoms with Gasteiger partial charge in [0.25, 0.3) is 0 Å². The molecule has 1 N–H and O–H groups in total. The smallest absolute Gasteiger partial charge is 0.307 e. The van der Waals surface area contributed by atoms with E-state index in [1.807, 2.05) is 19.9 Å². The summed E-state index contributed by atoms with van der Waals surface area (Å²) in [6, 6.07) is 3.59. The van der Waals surface area contributed by atoms with Gasteiger partial charge in [-0.05, 0) is 24.1 Å². The average molecular weight is 308 g/mol. The number of carboxylic acid groups (broad SMARTS) is 1. The van der Waals surface area contributed by atoms with Gasteiger partial charge >= 0.3 is 5.97 Å². The molecular weight excluding hydrogens is 291 g/mol. The Labute approximate surface area is 126 Å². The zero-order valence-corrected chi connectivity index (χ0v) is 13.0. The van der Waals surface area contributed by atoms with Crippen LogP contribution in [0.15, 0.2) is 18.2 Å². The third-order valence-electron chi connectivity index (χ3n) is 3.15. The average Bonchev–Trinajstić information content (AvgIpc) is 2.80. The number of halogens is 1. The van der Waals surface area contributed by atoms with Crippen molar-refractivity contribution in [2.45, 2.75) is 26.2 Å². The van der Waals surface area contributed by atoms with E-state index >= 15 is 0 Å². The minimum atomic E-state index is -0.887. The van der Waals surface area contributed by atoms with Gasteiger partial charge < -0.3 is 9.84 Å². The van der Waals surface area contributed by atoms with Gasteiger partial charge in [0, 0.05) is 20.5 Å². The Hall–Kier alpha value is -1.88. The van der Waals surface area contributed by atoms with Crippen molar-refractivity contribution in [2.75, 3.05) is 7.11 Å². The van der Waals surface area contributed by atoms with Gasteiger partial charge in [-0.1, -0.05) is 19.9 Å². The molecule has 0 fully saturated rings. The highest BCUT2D eigenvalue weighted by molar-refractivity contribution is 7.19. The van der Waals surface area contributed by atoms with E-state index in [1.165, 1.54) is 18.4 Å². The number of carboxylic acids is 1. The molecule has 0 amide bonds. The fourth-order valence-corrected chi connectivity index (χ4v) is 3.24. The highest BCUT2D eigenvalue weighted by Crippen LogP contribution is 2.38. The van der Waals surface area contributed by atoms with Gasteiger partial charge in [-0.3, -0.25) is 4.79 Å². The van der Waals surface area contributed by atoms with Crippen LogP contribution in [-0.4, -0.2) is 18.2 Å². The van der Waals surface area contributed by atoms with Crippen molar-refractivity contribution in [3.05, 3.63) is 34.5 Å². The van der Waals surface area contributed by atoms with Crippen LogP contribution in [0.5, 0.6) is 5.75 Å². The van der Waals surface area contributed by atoms with E-state index in [1.54, 1.807) is 18.2 Å². The Balaban J connectivity index is 2.50. The number of aliphatic carboxylic acids is 1. The summed E-state index contributed by atoms with van der Waals surface area (Å²) in [5.74, 6) is -0.566. The summed E-state index contributed by atoms with van der Waals surface area (Å²) in [6.07, 6.45) is 3.22. The molecule has 2 rings (SSSR count). The molecule has 3 nitrogen and oxygen atoms in total. The summed E-state index contributed by atoms with van der Waals surface area (Å²) in [4.78, 5) is 11.3. The van der Waals surface area contributed by atoms with Gasteiger partial charge in [-0.15, -0.1) is 11.3 Å². The largest absolute Gasteiger partial charge is 0.496 e. The first-order valence-electron chi connectivity index (χ1n) is 6.62. The number of carbonyl (C=O) groups is 1. The molecule has 1 aromatic carbocycles. The van der Waals surface area contributed by atoms with Gasteiger partial charge in [-0.2, -0.15) is 0 Å². The van der Waals surface area contributed by atoms with Crippen molar-refractivity contribution < 1.29 is 19.0 Å². The zero-order chi connectivity index (χ0) is 15.6. The molecule has 0 aliphatic carbocycles. The van der Waals surface area contributed by atoms with E-state index in [0.717, 1.165) is 9.58 Å². The second kappa shape index (κ2) is 6.26. The van der Waals surface area contributed by atoms with E-state index in [0.29, 0.717) is 16.7 Å². The second-order valence-electron chi connectivity index (χ2n) is 5.02. The molecule has 0 saturated carbocycles. The van der Waals surface area contributed by atoms with Crippen LogP contribution >= 0.6 is 11.3 Å². The van der Waals surface area contributed by atoms with Crippen LogP contribution in [0, 0.1) is 5.82 Å². The number of rotatable bonds is 5. The summed E-state index contributed by atoms with van der Waals surface area (Å²) in [5, 5.41) is 9.17. The number of fused-ring (bicyclic) bond motifs is 1. The Kier molecular flexibility index (Phi) is 4.63. The van der Waals surface area contributed by atoms with Gasteiger partial charge in [0.05, 0.1) is 13.5 Å². The number of benzene rings is 1. The molecule has 0 atom stereocenters. The van der Waals surface area contributed by atoms with E-state index in [4.69, 9.17) is 9.84 Å². The van der Waals surface area contributed by atoms with Crippen LogP contribution in [0.3, 0.4) is 0 Å². The second-order valence-corrected chi connectivity index (χ2v) is 6.14. The van der Waals surface area contributed by atoms with Gasteiger partial charge in [0.1, 0.15) is 11.6 Å². The first-order valence-corrected chi connectivity index (χ1v) is 7.44. The maximum Gasteiger partial charge on any atom is 0.307 e. The SMILES string of the molecule is COc1cc2sc(/C=C/CC(=O)O)cc2c(F)c1C(C)C. The lowest BCUT2D eigenvalue weighted by molar-refractivity contribution is -0.135. The molecular formula is C16H17FO3S. The summed E-state index contributed by atoms with van der Waals surface area (Å²) >= 11 is 1.41. The fraction of sp³-hybridized carbons (Fsp3) is 0.312. The monoisotopic (exact) mass is 308 g/mol. The van der Waals surface area contributed by atoms with Crippen molar-refractivity contribution in [3.8, 4) is 5.75 Å². The molecule has 0 saturated heterocycles. The summed E-state index contributed by atoms with van der Waals surface area (Å²) in [7, 11) is 1.54. The Morgan fingerprint density at radius 3 is 2.76 bits per heavy atom. The standard InChI is InChI=1S/C16H17FO3S/c1-9(2)15-12(20-3)8-13-11(16(15)17)7-10(21-13)5-4-6-14(18)19/h4-5,7-9H,6H2,1-3H3,(H,18,19)/b5-4+. The van der Waals surface area contributed by atoms with Gasteiger partial charge in [-0.25, -0.2) is 4.39 Å². The van der Waals surface area contributed by atoms with Crippen molar-refractivity contribution in [2.24, 2.45) is 0 Å². The molecule has 112 valence electrons. The lowest BCUT2D eigenvalue weighted by Gasteiger charge is -2.13. The number of hydrogen-bond acceptors (Lipinski definition) is 3. The molecule has 21 heavy (non-hydrogen) atoms. The van der Waals surface area contributed by atoms with Crippen molar-refractivity contribution in [3.63, 3.8) is 0 Å². The minimum absolute atomic E-state index is 0.0234. The molecule has 1 aromatic heterocycles. The molecule has 1 heterocycles. The minimum Gasteiger partial charge on any atom is -0.496 e. The predicted molar refractivity (Wildman–Crippen MR) is 83.7 cm³/mol. The first kappa shape index (κ1) is 15.5. The molecule has 0 spiro atoms. The topological polar surface area (TPSA) is 46.5 Å². The van der Waals surface area contributed by atoms with Crippen LogP contribution in [0.4, 0.5) is 4.39 Å². The van der Waals surface area contributed by atoms with Crippen LogP contribution < -0.4 is 4.74 Å². The molecule has 0 unspecified atom stereocenters. The molecule has 0 bridgehead atoms. The molecule has 0 aliphatic rings. The van der Waals surface area contributed by atoms with E-state index in [-0.39, 0.29) is 18.2 Å². The first-order chi connectivity index (χ1) is 9.93. The molecule has 0 radical (unpaired) electrons. The van der Waals surface area contributed by atoms with Crippen LogP contribution in [0.2, 0.25) is 0 Å². The summed E-state index contributed by atoms with van der Waals surface area (Å²) in [5.41, 5.74) is 0.573. The zero-order valence-electron chi connectivity index (χ0n) is 12.1. The third kappa shape index (κ3) is 3.24. The van der Waals surface area contributed by atoms with Crippen LogP contribution in [0.1, 0.15) is 36.6 Å². The van der Waals surface area contributed by atoms with Crippen molar-refractivity contribution >= 4 is 33.5 Å². The third-order valence-corrected chi connectivity index (χ3v) is 4.20. The summed E-state index contributed by atoms with van der Waals surface area (Å²) < 4.78 is 20.7. The molecule has 2 aromatic rings. The maximum absolute atomic E-state index is 14.6. The maximum atomic E-state index is 14.6. The number of hydrogen-bond donors (Lipinski definition) is 1. The van der Waals surface area contributed by atoms with E-state index in [9.17, 15) is 9.18 Å². The lowest BCUT2D eigenvalue weighted by Crippen LogP contribution is -1.98. The molecule has 0 aliphatic heterocycles. The number of thiophene rings is 1. The van der Waals surface area contributed by atoms with Crippen LogP contribution in [-0.2, 0) is 4.79 Å². The Bertz CT molecular complexity index is 701. The Morgan fingerprint density at radius 2 is 2.19 bits per heavy atom. The highest BCUT2D eigenvalue weighted by atomic mass is 32.1. The summed E-state index contributed by atoms with van der Waals surface area (Å²) in [6.45, 7) is 3.85. The van der Waals surface area contributed by atoms with Gasteiger partial charge in [0.15, 0.2) is 0 Å². The molecule has 5 heteroatoms. The van der Waals surface area contributed by atoms with Crippen molar-refractivity contribution in [1.29, 1.82) is 0 Å². The quantitative estimate of drug-likeness (QED) is 0.873. The normalized spacial score (nSPS) is 11.7. The number of methoxy groups -OCH3 is 1. The van der Waals surface area contributed by atoms with Crippen molar-refractivity contribution in [1.82, 2.24) is 0 Å². The predicted octanol–water partition coefficient (Wildman–Crippen LogP) is 4.66. The Morgan fingerprint density at radius 1 is 1.48 bits per heavy atom. The highest BCUT2D eigenvalue weighted by Gasteiger charge is 2.18. The van der Waals surface area contributed by atoms with Gasteiger partial charge in [0.2, 0.25) is 0 Å². The number of ether oxygens (including phenoxy) is 1. The fourth-order valence-electron chi connectivity index (χ4n) is 2.22. The van der Waals surface area contributed by atoms with E-state index < -0.39 is 5.97 Å².